The Morgan fingerprint density at radius 2 is 1.50 bits per heavy atom. The first-order valence-corrected chi connectivity index (χ1v) is 13.8. The number of fused-ring (bicyclic) bond motifs is 2. The van der Waals surface area contributed by atoms with Crippen LogP contribution >= 0.6 is 12.2 Å². The minimum absolute atomic E-state index is 0.00203. The van der Waals surface area contributed by atoms with E-state index in [1.165, 1.54) is 11.1 Å². The molecule has 4 aliphatic rings. The molecule has 2 aromatic rings. The molecule has 6 rings (SSSR count). The SMILES string of the molecule is CN1/C(=C/C2=C(O)C(=C/C3=[N+](C)c4ccccc4C3(C)C)/C2C2C(=O)NC(=S)NC2=O)C(C)(C)c2ccccc21. The van der Waals surface area contributed by atoms with Gasteiger partial charge in [-0.25, -0.2) is 0 Å². The van der Waals surface area contributed by atoms with Crippen molar-refractivity contribution in [3.8, 4) is 0 Å². The van der Waals surface area contributed by atoms with E-state index in [1.807, 2.05) is 50.5 Å². The molecule has 40 heavy (non-hydrogen) atoms. The van der Waals surface area contributed by atoms with E-state index in [9.17, 15) is 14.7 Å². The van der Waals surface area contributed by atoms with Crippen molar-refractivity contribution in [1.29, 1.82) is 0 Å². The summed E-state index contributed by atoms with van der Waals surface area (Å²) in [6, 6.07) is 16.4. The Hall–Kier alpha value is -4.04. The largest absolute Gasteiger partial charge is 0.507 e. The fourth-order valence-electron chi connectivity index (χ4n) is 6.87. The zero-order valence-corrected chi connectivity index (χ0v) is 24.3. The van der Waals surface area contributed by atoms with Crippen molar-refractivity contribution in [2.45, 2.75) is 38.5 Å². The number of likely N-dealkylation sites (N-methyl/N-ethyl adjacent to an activating group) is 1. The number of aliphatic hydroxyl groups is 1. The number of allylic oxidation sites excluding steroid dienone is 5. The monoisotopic (exact) mass is 553 g/mol. The van der Waals surface area contributed by atoms with E-state index in [0.29, 0.717) is 11.1 Å². The number of nitrogens with zero attached hydrogens (tertiary/aromatic N) is 2. The smallest absolute Gasteiger partial charge is 0.239 e. The van der Waals surface area contributed by atoms with E-state index in [1.54, 1.807) is 0 Å². The van der Waals surface area contributed by atoms with Crippen molar-refractivity contribution < 1.29 is 19.3 Å². The summed E-state index contributed by atoms with van der Waals surface area (Å²) in [7, 11) is 4.01. The van der Waals surface area contributed by atoms with Gasteiger partial charge in [-0.1, -0.05) is 50.2 Å². The fraction of sp³-hybridized carbons (Fsp3) is 0.312. The van der Waals surface area contributed by atoms with Crippen LogP contribution in [0.3, 0.4) is 0 Å². The quantitative estimate of drug-likeness (QED) is 0.296. The molecule has 0 aromatic heterocycles. The first-order chi connectivity index (χ1) is 18.9. The van der Waals surface area contributed by atoms with Gasteiger partial charge in [0.15, 0.2) is 10.8 Å². The highest BCUT2D eigenvalue weighted by Crippen LogP contribution is 2.52. The zero-order chi connectivity index (χ0) is 28.7. The molecule has 1 fully saturated rings. The number of hydrogen-bond acceptors (Lipinski definition) is 5. The van der Waals surface area contributed by atoms with E-state index in [4.69, 9.17) is 12.2 Å². The molecule has 1 saturated heterocycles. The van der Waals surface area contributed by atoms with Crippen LogP contribution in [0.4, 0.5) is 11.4 Å². The lowest BCUT2D eigenvalue weighted by Crippen LogP contribution is -2.59. The van der Waals surface area contributed by atoms with E-state index in [2.05, 4.69) is 72.1 Å². The van der Waals surface area contributed by atoms with Crippen LogP contribution in [0.5, 0.6) is 0 Å². The average molecular weight is 554 g/mol. The van der Waals surface area contributed by atoms with Crippen molar-refractivity contribution in [2.24, 2.45) is 11.8 Å². The highest BCUT2D eigenvalue weighted by molar-refractivity contribution is 7.80. The fourth-order valence-corrected chi connectivity index (χ4v) is 7.07. The zero-order valence-electron chi connectivity index (χ0n) is 23.5. The summed E-state index contributed by atoms with van der Waals surface area (Å²) >= 11 is 5.07. The third kappa shape index (κ3) is 3.55. The molecule has 8 heteroatoms. The second kappa shape index (κ2) is 8.73. The first kappa shape index (κ1) is 26.2. The van der Waals surface area contributed by atoms with Crippen molar-refractivity contribution in [2.75, 3.05) is 19.0 Å². The van der Waals surface area contributed by atoms with Crippen LogP contribution in [0.15, 0.2) is 83.3 Å². The van der Waals surface area contributed by atoms with Crippen molar-refractivity contribution in [3.05, 3.63) is 94.4 Å². The Labute approximate surface area is 239 Å². The lowest BCUT2D eigenvalue weighted by molar-refractivity contribution is -0.401. The summed E-state index contributed by atoms with van der Waals surface area (Å²) in [6.07, 6.45) is 3.90. The van der Waals surface area contributed by atoms with Gasteiger partial charge in [-0.3, -0.25) is 9.59 Å². The van der Waals surface area contributed by atoms with Crippen molar-refractivity contribution in [1.82, 2.24) is 10.6 Å². The topological polar surface area (TPSA) is 84.7 Å². The van der Waals surface area contributed by atoms with Crippen molar-refractivity contribution >= 4 is 46.2 Å². The second-order valence-corrected chi connectivity index (χ2v) is 12.4. The normalized spacial score (nSPS) is 25.3. The number of amides is 2. The average Bonchev–Trinajstić information content (AvgIpc) is 3.22. The lowest BCUT2D eigenvalue weighted by Gasteiger charge is -2.39. The number of thiocarbonyl (C=S) groups is 1. The van der Waals surface area contributed by atoms with Crippen LogP contribution in [0.1, 0.15) is 38.8 Å². The predicted molar refractivity (Wildman–Crippen MR) is 160 cm³/mol. The van der Waals surface area contributed by atoms with Gasteiger partial charge in [0, 0.05) is 58.6 Å². The minimum Gasteiger partial charge on any atom is -0.507 e. The Balaban J connectivity index is 1.51. The first-order valence-electron chi connectivity index (χ1n) is 13.4. The standard InChI is InChI=1S/C32H32N4O3S/c1-31(2)19-11-7-9-13-21(19)35(5)23(31)15-17-25(26-28(38)33-30(40)34-29(26)39)18(27(17)37)16-24-32(3,4)20-12-8-10-14-22(20)36(24)6/h7-16,25-26H,1-6H3,(H2-,33,34,37,38,39,40)/p+1. The Bertz CT molecular complexity index is 1640. The summed E-state index contributed by atoms with van der Waals surface area (Å²) in [5.74, 6) is -2.57. The molecule has 3 aliphatic heterocycles. The van der Waals surface area contributed by atoms with Gasteiger partial charge in [-0.05, 0) is 43.8 Å². The number of para-hydroxylation sites is 2. The van der Waals surface area contributed by atoms with E-state index < -0.39 is 23.7 Å². The molecule has 3 heterocycles. The number of hydrogen-bond donors (Lipinski definition) is 3. The van der Waals surface area contributed by atoms with Gasteiger partial charge < -0.3 is 20.6 Å². The lowest BCUT2D eigenvalue weighted by atomic mass is 9.66. The summed E-state index contributed by atoms with van der Waals surface area (Å²) in [5.41, 5.74) is 6.93. The van der Waals surface area contributed by atoms with Gasteiger partial charge in [-0.15, -0.1) is 0 Å². The van der Waals surface area contributed by atoms with Crippen LogP contribution in [0.2, 0.25) is 0 Å². The third-order valence-corrected chi connectivity index (χ3v) is 9.26. The summed E-state index contributed by atoms with van der Waals surface area (Å²) in [5, 5.41) is 16.8. The molecule has 2 amide bonds. The van der Waals surface area contributed by atoms with Crippen LogP contribution in [0, 0.1) is 11.8 Å². The number of benzene rings is 2. The summed E-state index contributed by atoms with van der Waals surface area (Å²) in [6.45, 7) is 8.57. The maximum Gasteiger partial charge on any atom is 0.239 e. The number of aliphatic hydroxyl groups excluding tert-OH is 1. The molecule has 3 N–H and O–H groups in total. The van der Waals surface area contributed by atoms with Crippen LogP contribution in [0.25, 0.3) is 0 Å². The summed E-state index contributed by atoms with van der Waals surface area (Å²) < 4.78 is 2.11. The number of anilines is 1. The molecule has 2 aromatic carbocycles. The van der Waals surface area contributed by atoms with Gasteiger partial charge in [-0.2, -0.15) is 4.58 Å². The van der Waals surface area contributed by atoms with Crippen LogP contribution in [-0.2, 0) is 20.4 Å². The third-order valence-electron chi connectivity index (χ3n) is 9.05. The van der Waals surface area contributed by atoms with E-state index in [0.717, 1.165) is 22.8 Å². The maximum absolute atomic E-state index is 13.2. The van der Waals surface area contributed by atoms with E-state index in [-0.39, 0.29) is 21.7 Å². The molecule has 0 saturated carbocycles. The summed E-state index contributed by atoms with van der Waals surface area (Å²) in [4.78, 5) is 28.6. The van der Waals surface area contributed by atoms with E-state index >= 15 is 0 Å². The molecule has 0 spiro atoms. The predicted octanol–water partition coefficient (Wildman–Crippen LogP) is 4.52. The Morgan fingerprint density at radius 1 is 0.900 bits per heavy atom. The molecule has 0 radical (unpaired) electrons. The Kier molecular flexibility index (Phi) is 5.72. The van der Waals surface area contributed by atoms with Gasteiger partial charge in [0.1, 0.15) is 18.7 Å². The van der Waals surface area contributed by atoms with Crippen molar-refractivity contribution in [3.63, 3.8) is 0 Å². The molecule has 1 aliphatic carbocycles. The number of rotatable bonds is 3. The Morgan fingerprint density at radius 3 is 2.12 bits per heavy atom. The highest BCUT2D eigenvalue weighted by Gasteiger charge is 2.52. The molecule has 0 bridgehead atoms. The second-order valence-electron chi connectivity index (χ2n) is 12.0. The van der Waals surface area contributed by atoms with Gasteiger partial charge in [0.2, 0.25) is 17.5 Å². The highest BCUT2D eigenvalue weighted by atomic mass is 32.1. The molecule has 1 unspecified atom stereocenters. The van der Waals surface area contributed by atoms with Gasteiger partial charge in [0.05, 0.1) is 5.41 Å². The molecular weight excluding hydrogens is 520 g/mol. The molecular formula is C32H33N4O3S+. The molecule has 204 valence electrons. The maximum atomic E-state index is 13.2. The van der Waals surface area contributed by atoms with Gasteiger partial charge in [0.25, 0.3) is 0 Å². The van der Waals surface area contributed by atoms with Crippen LogP contribution in [-0.4, -0.2) is 46.4 Å². The number of carbonyl (C=O) groups is 2. The molecule has 7 nitrogen and oxygen atoms in total. The number of nitrogens with one attached hydrogen (secondary N) is 2. The van der Waals surface area contributed by atoms with Gasteiger partial charge >= 0.3 is 0 Å². The van der Waals surface area contributed by atoms with Crippen LogP contribution < -0.4 is 15.5 Å². The molecule has 1 atom stereocenters. The minimum atomic E-state index is -1.07. The number of carbonyl (C=O) groups excluding carboxylic acids is 2.